The molecular formula is C15H22N2O. The summed E-state index contributed by atoms with van der Waals surface area (Å²) in [5.74, 6) is 0.874. The third-order valence-corrected chi connectivity index (χ3v) is 4.59. The largest absolute Gasteiger partial charge is 0.392 e. The summed E-state index contributed by atoms with van der Waals surface area (Å²) in [4.78, 5) is 6.83. The third kappa shape index (κ3) is 2.01. The summed E-state index contributed by atoms with van der Waals surface area (Å²) in [6.07, 6.45) is 8.61. The van der Waals surface area contributed by atoms with Crippen LogP contribution in [-0.2, 0) is 6.61 Å². The van der Waals surface area contributed by atoms with Crippen LogP contribution in [0.5, 0.6) is 0 Å². The maximum absolute atomic E-state index is 9.50. The summed E-state index contributed by atoms with van der Waals surface area (Å²) in [6.45, 7) is 3.27. The fourth-order valence-corrected chi connectivity index (χ4v) is 3.67. The molecule has 1 saturated heterocycles. The van der Waals surface area contributed by atoms with Crippen LogP contribution in [0.25, 0.3) is 0 Å². The van der Waals surface area contributed by atoms with Crippen molar-refractivity contribution in [1.29, 1.82) is 0 Å². The molecule has 0 radical (unpaired) electrons. The molecule has 0 bridgehead atoms. The van der Waals surface area contributed by atoms with Gasteiger partial charge in [0.25, 0.3) is 0 Å². The Morgan fingerprint density at radius 3 is 3.00 bits per heavy atom. The van der Waals surface area contributed by atoms with Crippen molar-refractivity contribution < 1.29 is 5.11 Å². The van der Waals surface area contributed by atoms with Gasteiger partial charge < -0.3 is 10.0 Å². The van der Waals surface area contributed by atoms with E-state index in [0.29, 0.717) is 6.04 Å². The van der Waals surface area contributed by atoms with Crippen molar-refractivity contribution in [2.75, 3.05) is 11.4 Å². The van der Waals surface area contributed by atoms with E-state index < -0.39 is 0 Å². The second-order valence-electron chi connectivity index (χ2n) is 5.71. The monoisotopic (exact) mass is 246 g/mol. The molecule has 1 aliphatic heterocycles. The van der Waals surface area contributed by atoms with E-state index in [-0.39, 0.29) is 6.61 Å². The zero-order chi connectivity index (χ0) is 12.5. The number of anilines is 1. The van der Waals surface area contributed by atoms with Crippen LogP contribution in [0.4, 0.5) is 5.69 Å². The average molecular weight is 246 g/mol. The van der Waals surface area contributed by atoms with E-state index in [1.54, 1.807) is 0 Å². The minimum atomic E-state index is 0.0938. The van der Waals surface area contributed by atoms with Gasteiger partial charge in [-0.1, -0.05) is 12.8 Å². The van der Waals surface area contributed by atoms with Crippen LogP contribution >= 0.6 is 0 Å². The Morgan fingerprint density at radius 2 is 2.17 bits per heavy atom. The van der Waals surface area contributed by atoms with Crippen LogP contribution in [-0.4, -0.2) is 22.7 Å². The van der Waals surface area contributed by atoms with Crippen molar-refractivity contribution in [3.63, 3.8) is 0 Å². The first-order valence-electron chi connectivity index (χ1n) is 7.12. The van der Waals surface area contributed by atoms with E-state index in [2.05, 4.69) is 16.0 Å². The van der Waals surface area contributed by atoms with Crippen LogP contribution in [0, 0.1) is 12.8 Å². The second-order valence-corrected chi connectivity index (χ2v) is 5.71. The van der Waals surface area contributed by atoms with E-state index in [1.807, 2.05) is 13.1 Å². The molecule has 1 aliphatic carbocycles. The molecule has 3 nitrogen and oxygen atoms in total. The van der Waals surface area contributed by atoms with Crippen molar-refractivity contribution in [2.45, 2.75) is 51.7 Å². The Kier molecular flexibility index (Phi) is 3.25. The molecule has 2 aliphatic rings. The van der Waals surface area contributed by atoms with Gasteiger partial charge in [-0.15, -0.1) is 0 Å². The first-order valence-corrected chi connectivity index (χ1v) is 7.12. The lowest BCUT2D eigenvalue weighted by atomic mass is 9.85. The Morgan fingerprint density at radius 1 is 1.33 bits per heavy atom. The quantitative estimate of drug-likeness (QED) is 0.871. The smallest absolute Gasteiger partial charge is 0.0717 e. The number of aliphatic hydroxyl groups is 1. The highest BCUT2D eigenvalue weighted by Gasteiger charge is 2.36. The molecule has 2 unspecified atom stereocenters. The Labute approximate surface area is 109 Å². The van der Waals surface area contributed by atoms with Gasteiger partial charge in [0.1, 0.15) is 0 Å². The number of fused-ring (bicyclic) bond motifs is 1. The molecule has 1 aromatic heterocycles. The summed E-state index contributed by atoms with van der Waals surface area (Å²) in [5.41, 5.74) is 3.24. The van der Waals surface area contributed by atoms with Gasteiger partial charge in [-0.3, -0.25) is 4.98 Å². The number of hydrogen-bond acceptors (Lipinski definition) is 3. The van der Waals surface area contributed by atoms with Gasteiger partial charge in [0.15, 0.2) is 0 Å². The molecule has 3 heteroatoms. The third-order valence-electron chi connectivity index (χ3n) is 4.59. The maximum atomic E-state index is 9.50. The number of aromatic nitrogens is 1. The van der Waals surface area contributed by atoms with Gasteiger partial charge in [0, 0.05) is 35.7 Å². The maximum Gasteiger partial charge on any atom is 0.0717 e. The molecule has 3 rings (SSSR count). The number of hydrogen-bond donors (Lipinski definition) is 1. The van der Waals surface area contributed by atoms with Gasteiger partial charge in [-0.25, -0.2) is 0 Å². The number of aliphatic hydroxyl groups excluding tert-OH is 1. The molecule has 2 fully saturated rings. The van der Waals surface area contributed by atoms with Gasteiger partial charge in [-0.2, -0.15) is 0 Å². The minimum Gasteiger partial charge on any atom is -0.392 e. The predicted molar refractivity (Wildman–Crippen MR) is 72.6 cm³/mol. The minimum absolute atomic E-state index is 0.0938. The summed E-state index contributed by atoms with van der Waals surface area (Å²) >= 11 is 0. The molecule has 98 valence electrons. The van der Waals surface area contributed by atoms with E-state index in [4.69, 9.17) is 0 Å². The number of rotatable bonds is 2. The fourth-order valence-electron chi connectivity index (χ4n) is 3.67. The second kappa shape index (κ2) is 4.88. The van der Waals surface area contributed by atoms with E-state index in [9.17, 15) is 5.11 Å². The molecule has 1 aromatic rings. The van der Waals surface area contributed by atoms with Crippen LogP contribution < -0.4 is 4.90 Å². The summed E-state index contributed by atoms with van der Waals surface area (Å²) < 4.78 is 0. The first kappa shape index (κ1) is 12.0. The lowest BCUT2D eigenvalue weighted by Crippen LogP contribution is -2.35. The highest BCUT2D eigenvalue weighted by Crippen LogP contribution is 2.39. The van der Waals surface area contributed by atoms with Crippen LogP contribution in [0.3, 0.4) is 0 Å². The predicted octanol–water partition coefficient (Wildman–Crippen LogP) is 2.65. The van der Waals surface area contributed by atoms with Crippen molar-refractivity contribution in [2.24, 2.45) is 5.92 Å². The van der Waals surface area contributed by atoms with Crippen LogP contribution in [0.2, 0.25) is 0 Å². The molecule has 18 heavy (non-hydrogen) atoms. The zero-order valence-electron chi connectivity index (χ0n) is 11.1. The van der Waals surface area contributed by atoms with E-state index in [1.165, 1.54) is 37.8 Å². The fraction of sp³-hybridized carbons (Fsp3) is 0.667. The van der Waals surface area contributed by atoms with Crippen molar-refractivity contribution in [1.82, 2.24) is 4.98 Å². The van der Waals surface area contributed by atoms with Gasteiger partial charge in [0.05, 0.1) is 6.61 Å². The lowest BCUT2D eigenvalue weighted by molar-refractivity contribution is 0.281. The molecule has 1 saturated carbocycles. The molecule has 0 aromatic carbocycles. The van der Waals surface area contributed by atoms with Gasteiger partial charge >= 0.3 is 0 Å². The molecule has 2 heterocycles. The van der Waals surface area contributed by atoms with Crippen LogP contribution in [0.1, 0.15) is 43.4 Å². The van der Waals surface area contributed by atoms with E-state index >= 15 is 0 Å². The summed E-state index contributed by atoms with van der Waals surface area (Å²) in [6, 6.07) is 2.84. The first-order chi connectivity index (χ1) is 8.79. The zero-order valence-corrected chi connectivity index (χ0v) is 11.1. The van der Waals surface area contributed by atoms with Gasteiger partial charge in [0.2, 0.25) is 0 Å². The lowest BCUT2D eigenvalue weighted by Gasteiger charge is -2.34. The van der Waals surface area contributed by atoms with Gasteiger partial charge in [-0.05, 0) is 38.2 Å². The Balaban J connectivity index is 1.92. The van der Waals surface area contributed by atoms with Crippen molar-refractivity contribution in [3.05, 3.63) is 23.5 Å². The highest BCUT2D eigenvalue weighted by molar-refractivity contribution is 5.55. The molecule has 2 atom stereocenters. The normalized spacial score (nSPS) is 27.3. The molecule has 1 N–H and O–H groups in total. The number of pyridine rings is 1. The topological polar surface area (TPSA) is 36.4 Å². The van der Waals surface area contributed by atoms with Crippen LogP contribution in [0.15, 0.2) is 12.3 Å². The number of nitrogens with zero attached hydrogens (tertiary/aromatic N) is 2. The highest BCUT2D eigenvalue weighted by atomic mass is 16.3. The van der Waals surface area contributed by atoms with Crippen molar-refractivity contribution >= 4 is 5.69 Å². The summed E-state index contributed by atoms with van der Waals surface area (Å²) in [5, 5.41) is 9.50. The average Bonchev–Trinajstić information content (AvgIpc) is 2.82. The Bertz CT molecular complexity index is 433. The SMILES string of the molecule is Cc1cc(N2CCC3CCCCC32)c(CO)cn1. The molecular weight excluding hydrogens is 224 g/mol. The standard InChI is InChI=1S/C15H22N2O/c1-11-8-15(13(10-18)9-16-11)17-7-6-12-4-2-3-5-14(12)17/h8-9,12,14,18H,2-7,10H2,1H3. The van der Waals surface area contributed by atoms with Crippen molar-refractivity contribution in [3.8, 4) is 0 Å². The summed E-state index contributed by atoms with van der Waals surface area (Å²) in [7, 11) is 0. The van der Waals surface area contributed by atoms with E-state index in [0.717, 1.165) is 23.7 Å². The Hall–Kier alpha value is -1.09. The number of aryl methyl sites for hydroxylation is 1. The molecule has 0 amide bonds. The molecule has 0 spiro atoms.